The van der Waals surface area contributed by atoms with Crippen LogP contribution in [0, 0.1) is 5.92 Å². The van der Waals surface area contributed by atoms with Gasteiger partial charge in [-0.15, -0.1) is 0 Å². The lowest BCUT2D eigenvalue weighted by Crippen LogP contribution is -2.30. The molecule has 4 nitrogen and oxygen atoms in total. The molecule has 1 aliphatic rings. The topological polar surface area (TPSA) is 37.6 Å². The minimum Gasteiger partial charge on any atom is -0.339 e. The molecule has 2 heterocycles. The van der Waals surface area contributed by atoms with Crippen molar-refractivity contribution >= 4 is 11.6 Å². The summed E-state index contributed by atoms with van der Waals surface area (Å²) in [7, 11) is 0. The van der Waals surface area contributed by atoms with Gasteiger partial charge in [0, 0.05) is 36.0 Å². The quantitative estimate of drug-likeness (QED) is 0.648. The van der Waals surface area contributed by atoms with E-state index in [4.69, 9.17) is 4.98 Å². The van der Waals surface area contributed by atoms with Gasteiger partial charge in [-0.05, 0) is 44.7 Å². The second kappa shape index (κ2) is 8.67. The molecule has 1 saturated carbocycles. The molecular weight excluding hydrogens is 346 g/mol. The third kappa shape index (κ3) is 4.42. The number of hydrogen-bond donors (Lipinski definition) is 0. The summed E-state index contributed by atoms with van der Waals surface area (Å²) in [5, 5.41) is 0. The van der Waals surface area contributed by atoms with Crippen molar-refractivity contribution in [2.45, 2.75) is 85.0 Å². The maximum absolute atomic E-state index is 12.8. The molecule has 3 rings (SSSR count). The zero-order chi connectivity index (χ0) is 20.3. The number of aryl methyl sites for hydroxylation is 1. The molecule has 28 heavy (non-hydrogen) atoms. The van der Waals surface area contributed by atoms with Crippen LogP contribution in [0.5, 0.6) is 0 Å². The van der Waals surface area contributed by atoms with E-state index in [9.17, 15) is 4.79 Å². The van der Waals surface area contributed by atoms with Gasteiger partial charge in [0.05, 0.1) is 5.69 Å². The minimum absolute atomic E-state index is 0.00301. The molecular formula is C24H37N3O. The zero-order valence-corrected chi connectivity index (χ0v) is 18.4. The van der Waals surface area contributed by atoms with Gasteiger partial charge in [-0.25, -0.2) is 4.98 Å². The number of carbonyl (C=O) groups excluding carboxylic acids is 1. The van der Waals surface area contributed by atoms with Crippen LogP contribution in [0.25, 0.3) is 5.65 Å². The molecule has 4 heteroatoms. The van der Waals surface area contributed by atoms with Crippen LogP contribution in [0.4, 0.5) is 0 Å². The molecule has 2 aromatic heterocycles. The van der Waals surface area contributed by atoms with Gasteiger partial charge in [0.25, 0.3) is 5.91 Å². The first-order valence-corrected chi connectivity index (χ1v) is 11.2. The Balaban J connectivity index is 1.93. The Bertz CT molecular complexity index is 805. The average Bonchev–Trinajstić information content (AvgIpc) is 3.06. The Morgan fingerprint density at radius 1 is 1.18 bits per heavy atom. The van der Waals surface area contributed by atoms with E-state index in [1.54, 1.807) is 0 Å². The average molecular weight is 384 g/mol. The van der Waals surface area contributed by atoms with Crippen molar-refractivity contribution in [3.63, 3.8) is 0 Å². The number of amides is 1. The monoisotopic (exact) mass is 383 g/mol. The Kier molecular flexibility index (Phi) is 6.47. The second-order valence-corrected chi connectivity index (χ2v) is 9.32. The first kappa shape index (κ1) is 20.9. The van der Waals surface area contributed by atoms with E-state index in [1.165, 1.54) is 49.9 Å². The Morgan fingerprint density at radius 3 is 2.46 bits per heavy atom. The van der Waals surface area contributed by atoms with Gasteiger partial charge in [0.2, 0.25) is 0 Å². The van der Waals surface area contributed by atoms with Gasteiger partial charge in [-0.1, -0.05) is 52.9 Å². The van der Waals surface area contributed by atoms with E-state index in [2.05, 4.69) is 31.4 Å². The first-order chi connectivity index (χ1) is 13.3. The van der Waals surface area contributed by atoms with Crippen LogP contribution in [0.15, 0.2) is 18.3 Å². The van der Waals surface area contributed by atoms with Crippen LogP contribution in [-0.2, 0) is 11.8 Å². The summed E-state index contributed by atoms with van der Waals surface area (Å²) in [4.78, 5) is 19.6. The summed E-state index contributed by atoms with van der Waals surface area (Å²) in [6, 6.07) is 3.94. The summed E-state index contributed by atoms with van der Waals surface area (Å²) in [6.45, 7) is 12.2. The number of nitrogens with zero attached hydrogens (tertiary/aromatic N) is 3. The standard InChI is InChI=1S/C24H37N3O/c1-6-26(7-2)23(28)19-15-16-27-20(14-13-18-11-9-8-10-12-18)22(24(3,4)5)25-21(27)17-19/h15-18H,6-14H2,1-5H3. The largest absolute Gasteiger partial charge is 0.339 e. The van der Waals surface area contributed by atoms with E-state index in [1.807, 2.05) is 30.9 Å². The summed E-state index contributed by atoms with van der Waals surface area (Å²) in [6.07, 6.45) is 11.3. The Hall–Kier alpha value is -1.84. The Morgan fingerprint density at radius 2 is 1.86 bits per heavy atom. The lowest BCUT2D eigenvalue weighted by molar-refractivity contribution is 0.0773. The molecule has 0 radical (unpaired) electrons. The van der Waals surface area contributed by atoms with Gasteiger partial charge in [0.15, 0.2) is 0 Å². The maximum Gasteiger partial charge on any atom is 0.254 e. The van der Waals surface area contributed by atoms with Crippen LogP contribution in [0.1, 0.15) is 94.9 Å². The number of imidazole rings is 1. The molecule has 1 fully saturated rings. The molecule has 0 atom stereocenters. The number of hydrogen-bond acceptors (Lipinski definition) is 2. The van der Waals surface area contributed by atoms with Crippen molar-refractivity contribution in [3.05, 3.63) is 35.3 Å². The van der Waals surface area contributed by atoms with Crippen LogP contribution < -0.4 is 0 Å². The van der Waals surface area contributed by atoms with Crippen molar-refractivity contribution in [2.24, 2.45) is 5.92 Å². The van der Waals surface area contributed by atoms with Crippen molar-refractivity contribution in [1.82, 2.24) is 14.3 Å². The van der Waals surface area contributed by atoms with Gasteiger partial charge in [0.1, 0.15) is 5.65 Å². The van der Waals surface area contributed by atoms with Gasteiger partial charge in [-0.3, -0.25) is 4.79 Å². The number of rotatable bonds is 6. The summed E-state index contributed by atoms with van der Waals surface area (Å²) in [5.74, 6) is 0.951. The Labute approximate surface area is 170 Å². The lowest BCUT2D eigenvalue weighted by atomic mass is 9.84. The predicted octanol–water partition coefficient (Wildman–Crippen LogP) is 5.63. The molecule has 0 aliphatic heterocycles. The highest BCUT2D eigenvalue weighted by molar-refractivity contribution is 5.95. The highest BCUT2D eigenvalue weighted by atomic mass is 16.2. The van der Waals surface area contributed by atoms with E-state index in [0.29, 0.717) is 0 Å². The molecule has 0 unspecified atom stereocenters. The minimum atomic E-state index is -0.00301. The molecule has 1 aliphatic carbocycles. The highest BCUT2D eigenvalue weighted by Crippen LogP contribution is 2.31. The fourth-order valence-electron chi connectivity index (χ4n) is 4.58. The molecule has 0 aromatic carbocycles. The summed E-state index contributed by atoms with van der Waals surface area (Å²) >= 11 is 0. The maximum atomic E-state index is 12.8. The van der Waals surface area contributed by atoms with E-state index in [0.717, 1.165) is 36.6 Å². The van der Waals surface area contributed by atoms with E-state index < -0.39 is 0 Å². The van der Waals surface area contributed by atoms with Crippen LogP contribution in [-0.4, -0.2) is 33.3 Å². The highest BCUT2D eigenvalue weighted by Gasteiger charge is 2.25. The van der Waals surface area contributed by atoms with Crippen LogP contribution in [0.3, 0.4) is 0 Å². The number of pyridine rings is 1. The van der Waals surface area contributed by atoms with Gasteiger partial charge in [-0.2, -0.15) is 0 Å². The SMILES string of the molecule is CCN(CC)C(=O)c1ccn2c(CCC3CCCCC3)c(C(C)(C)C)nc2c1. The van der Waals surface area contributed by atoms with Crippen LogP contribution in [0.2, 0.25) is 0 Å². The third-order valence-electron chi connectivity index (χ3n) is 6.25. The lowest BCUT2D eigenvalue weighted by Gasteiger charge is -2.23. The van der Waals surface area contributed by atoms with Crippen LogP contribution >= 0.6 is 0 Å². The third-order valence-corrected chi connectivity index (χ3v) is 6.25. The van der Waals surface area contributed by atoms with Crippen molar-refractivity contribution < 1.29 is 4.79 Å². The van der Waals surface area contributed by atoms with E-state index >= 15 is 0 Å². The fraction of sp³-hybridized carbons (Fsp3) is 0.667. The smallest absolute Gasteiger partial charge is 0.254 e. The van der Waals surface area contributed by atoms with Crippen molar-refractivity contribution in [3.8, 4) is 0 Å². The summed E-state index contributed by atoms with van der Waals surface area (Å²) < 4.78 is 2.22. The molecule has 2 aromatic rings. The molecule has 1 amide bonds. The number of fused-ring (bicyclic) bond motifs is 1. The number of aromatic nitrogens is 2. The predicted molar refractivity (Wildman–Crippen MR) is 116 cm³/mol. The van der Waals surface area contributed by atoms with Gasteiger partial charge < -0.3 is 9.30 Å². The van der Waals surface area contributed by atoms with E-state index in [-0.39, 0.29) is 11.3 Å². The first-order valence-electron chi connectivity index (χ1n) is 11.2. The van der Waals surface area contributed by atoms with Crippen molar-refractivity contribution in [1.29, 1.82) is 0 Å². The fourth-order valence-corrected chi connectivity index (χ4v) is 4.58. The zero-order valence-electron chi connectivity index (χ0n) is 18.4. The van der Waals surface area contributed by atoms with Gasteiger partial charge >= 0.3 is 0 Å². The van der Waals surface area contributed by atoms with Crippen molar-refractivity contribution in [2.75, 3.05) is 13.1 Å². The molecule has 0 N–H and O–H groups in total. The molecule has 154 valence electrons. The number of carbonyl (C=O) groups is 1. The molecule has 0 spiro atoms. The molecule has 0 bridgehead atoms. The molecule has 0 saturated heterocycles. The summed E-state index contributed by atoms with van der Waals surface area (Å²) in [5.41, 5.74) is 4.14. The normalized spacial score (nSPS) is 15.9. The second-order valence-electron chi connectivity index (χ2n) is 9.32.